The van der Waals surface area contributed by atoms with Crippen LogP contribution in [0.2, 0.25) is 10.0 Å². The summed E-state index contributed by atoms with van der Waals surface area (Å²) in [6, 6.07) is 7.20. The van der Waals surface area contributed by atoms with Gasteiger partial charge in [0.25, 0.3) is 5.91 Å². The Balaban J connectivity index is 1.62. The van der Waals surface area contributed by atoms with E-state index in [2.05, 4.69) is 25.5 Å². The highest BCUT2D eigenvalue weighted by atomic mass is 35.5. The summed E-state index contributed by atoms with van der Waals surface area (Å²) in [5.74, 6) is -1.09. The maximum Gasteiger partial charge on any atom is 0.257 e. The van der Waals surface area contributed by atoms with E-state index in [1.54, 1.807) is 0 Å². The molecule has 0 radical (unpaired) electrons. The molecule has 3 heterocycles. The van der Waals surface area contributed by atoms with Crippen LogP contribution in [0.3, 0.4) is 0 Å². The SMILES string of the molecule is N#Cc1cnccc1-c1cc(Cl)c(C(=O)Nc2cnc(-n3nccn3)c(Cl)c2)cc1F. The van der Waals surface area contributed by atoms with Crippen molar-refractivity contribution in [2.75, 3.05) is 5.32 Å². The van der Waals surface area contributed by atoms with Crippen LogP contribution < -0.4 is 5.32 Å². The first kappa shape index (κ1) is 20.4. The van der Waals surface area contributed by atoms with Crippen LogP contribution in [0, 0.1) is 17.1 Å². The van der Waals surface area contributed by atoms with Gasteiger partial charge in [-0.15, -0.1) is 4.80 Å². The first-order chi connectivity index (χ1) is 15.0. The average Bonchev–Trinajstić information content (AvgIpc) is 3.29. The Morgan fingerprint density at radius 3 is 2.55 bits per heavy atom. The number of pyridine rings is 2. The number of hydrogen-bond donors (Lipinski definition) is 1. The summed E-state index contributed by atoms with van der Waals surface area (Å²) in [5, 5.41) is 19.9. The van der Waals surface area contributed by atoms with Crippen molar-refractivity contribution in [2.45, 2.75) is 0 Å². The van der Waals surface area contributed by atoms with Gasteiger partial charge in [0.15, 0.2) is 5.82 Å². The number of halogens is 3. The number of amides is 1. The molecule has 0 saturated heterocycles. The van der Waals surface area contributed by atoms with Crippen LogP contribution in [-0.2, 0) is 0 Å². The molecule has 8 nitrogen and oxygen atoms in total. The number of nitrogens with one attached hydrogen (secondary N) is 1. The van der Waals surface area contributed by atoms with Gasteiger partial charge in [-0.3, -0.25) is 9.78 Å². The van der Waals surface area contributed by atoms with Crippen molar-refractivity contribution >= 4 is 34.8 Å². The van der Waals surface area contributed by atoms with Crippen molar-refractivity contribution in [3.05, 3.63) is 82.2 Å². The largest absolute Gasteiger partial charge is 0.320 e. The molecule has 0 aliphatic heterocycles. The molecule has 3 aromatic heterocycles. The van der Waals surface area contributed by atoms with Gasteiger partial charge >= 0.3 is 0 Å². The molecule has 0 fully saturated rings. The Kier molecular flexibility index (Phi) is 5.58. The lowest BCUT2D eigenvalue weighted by Gasteiger charge is -2.11. The second kappa shape index (κ2) is 8.47. The zero-order chi connectivity index (χ0) is 22.0. The van der Waals surface area contributed by atoms with Crippen molar-refractivity contribution < 1.29 is 9.18 Å². The van der Waals surface area contributed by atoms with E-state index in [-0.39, 0.29) is 38.2 Å². The molecule has 11 heteroatoms. The predicted octanol–water partition coefficient (Wildman–Crippen LogP) is 4.29. The second-order valence-electron chi connectivity index (χ2n) is 6.15. The average molecular weight is 454 g/mol. The molecule has 4 aromatic rings. The van der Waals surface area contributed by atoms with Crippen LogP contribution in [0.5, 0.6) is 0 Å². The molecule has 31 heavy (non-hydrogen) atoms. The summed E-state index contributed by atoms with van der Waals surface area (Å²) < 4.78 is 14.8. The van der Waals surface area contributed by atoms with E-state index >= 15 is 0 Å². The molecular formula is C20H10Cl2FN7O. The molecule has 1 N–H and O–H groups in total. The van der Waals surface area contributed by atoms with Crippen molar-refractivity contribution in [2.24, 2.45) is 0 Å². The number of nitriles is 1. The first-order valence-electron chi connectivity index (χ1n) is 8.65. The predicted molar refractivity (Wildman–Crippen MR) is 111 cm³/mol. The zero-order valence-electron chi connectivity index (χ0n) is 15.4. The third kappa shape index (κ3) is 4.07. The quantitative estimate of drug-likeness (QED) is 0.493. The third-order valence-electron chi connectivity index (χ3n) is 4.22. The van der Waals surface area contributed by atoms with E-state index in [9.17, 15) is 14.4 Å². The van der Waals surface area contributed by atoms with Crippen molar-refractivity contribution in [1.29, 1.82) is 5.26 Å². The van der Waals surface area contributed by atoms with Gasteiger partial charge in [-0.2, -0.15) is 15.5 Å². The molecule has 0 atom stereocenters. The van der Waals surface area contributed by atoms with Gasteiger partial charge in [0, 0.05) is 23.5 Å². The molecule has 152 valence electrons. The van der Waals surface area contributed by atoms with Gasteiger partial charge in [0.1, 0.15) is 11.9 Å². The van der Waals surface area contributed by atoms with Crippen LogP contribution >= 0.6 is 23.2 Å². The standard InChI is InChI=1S/C20H10Cl2FN7O/c21-16-6-14(13-1-2-25-9-11(13)8-24)18(23)7-15(16)20(31)29-12-5-17(22)19(26-10-12)30-27-3-4-28-30/h1-7,9-10H,(H,29,31). The smallest absolute Gasteiger partial charge is 0.257 e. The number of nitrogens with zero attached hydrogens (tertiary/aromatic N) is 6. The summed E-state index contributed by atoms with van der Waals surface area (Å²) in [5.41, 5.74) is 0.767. The second-order valence-corrected chi connectivity index (χ2v) is 6.96. The molecule has 0 spiro atoms. The van der Waals surface area contributed by atoms with Gasteiger partial charge in [0.2, 0.25) is 0 Å². The van der Waals surface area contributed by atoms with Crippen LogP contribution in [0.25, 0.3) is 16.9 Å². The minimum atomic E-state index is -0.714. The maximum atomic E-state index is 14.8. The first-order valence-corrected chi connectivity index (χ1v) is 9.40. The molecule has 1 aromatic carbocycles. The summed E-state index contributed by atoms with van der Waals surface area (Å²) in [4.78, 5) is 21.9. The van der Waals surface area contributed by atoms with E-state index in [1.807, 2.05) is 6.07 Å². The van der Waals surface area contributed by atoms with Crippen LogP contribution in [0.1, 0.15) is 15.9 Å². The van der Waals surface area contributed by atoms with Crippen molar-refractivity contribution in [3.63, 3.8) is 0 Å². The van der Waals surface area contributed by atoms with Gasteiger partial charge in [0.05, 0.1) is 45.5 Å². The molecule has 1 amide bonds. The van der Waals surface area contributed by atoms with E-state index in [0.29, 0.717) is 5.56 Å². The Morgan fingerprint density at radius 2 is 1.84 bits per heavy atom. The highest BCUT2D eigenvalue weighted by molar-refractivity contribution is 6.35. The Hall–Kier alpha value is -3.87. The minimum absolute atomic E-state index is 0.00557. The third-order valence-corrected chi connectivity index (χ3v) is 4.81. The van der Waals surface area contributed by atoms with Gasteiger partial charge < -0.3 is 5.32 Å². The molecule has 0 bridgehead atoms. The van der Waals surface area contributed by atoms with E-state index in [4.69, 9.17) is 23.2 Å². The number of carbonyl (C=O) groups excluding carboxylic acids is 1. The number of benzene rings is 1. The normalized spacial score (nSPS) is 10.5. The van der Waals surface area contributed by atoms with Crippen LogP contribution in [0.15, 0.2) is 55.2 Å². The molecule has 0 saturated carbocycles. The minimum Gasteiger partial charge on any atom is -0.320 e. The number of anilines is 1. The molecular weight excluding hydrogens is 444 g/mol. The van der Waals surface area contributed by atoms with E-state index < -0.39 is 11.7 Å². The Morgan fingerprint density at radius 1 is 1.06 bits per heavy atom. The molecule has 0 unspecified atom stereocenters. The van der Waals surface area contributed by atoms with Crippen LogP contribution in [-0.4, -0.2) is 30.9 Å². The number of carbonyl (C=O) groups is 1. The zero-order valence-corrected chi connectivity index (χ0v) is 16.9. The lowest BCUT2D eigenvalue weighted by molar-refractivity contribution is 0.102. The fraction of sp³-hybridized carbons (Fsp3) is 0. The number of rotatable bonds is 4. The lowest BCUT2D eigenvalue weighted by Crippen LogP contribution is -2.14. The fourth-order valence-corrected chi connectivity index (χ4v) is 3.31. The lowest BCUT2D eigenvalue weighted by atomic mass is 10.00. The van der Waals surface area contributed by atoms with Gasteiger partial charge in [-0.1, -0.05) is 23.2 Å². The molecule has 4 rings (SSSR count). The van der Waals surface area contributed by atoms with E-state index in [0.717, 1.165) is 6.07 Å². The van der Waals surface area contributed by atoms with Gasteiger partial charge in [-0.25, -0.2) is 9.37 Å². The number of aromatic nitrogens is 5. The number of hydrogen-bond acceptors (Lipinski definition) is 6. The Labute approximate surface area is 184 Å². The van der Waals surface area contributed by atoms with Gasteiger partial charge in [-0.05, 0) is 24.3 Å². The maximum absolute atomic E-state index is 14.8. The highest BCUT2D eigenvalue weighted by Gasteiger charge is 2.18. The monoisotopic (exact) mass is 453 g/mol. The summed E-state index contributed by atoms with van der Waals surface area (Å²) >= 11 is 12.4. The van der Waals surface area contributed by atoms with Crippen LogP contribution in [0.4, 0.5) is 10.1 Å². The van der Waals surface area contributed by atoms with E-state index in [1.165, 1.54) is 54.0 Å². The summed E-state index contributed by atoms with van der Waals surface area (Å²) in [6.07, 6.45) is 7.06. The Bertz CT molecular complexity index is 1340. The van der Waals surface area contributed by atoms with Crippen molar-refractivity contribution in [3.8, 4) is 23.0 Å². The molecule has 0 aliphatic rings. The topological polar surface area (TPSA) is 109 Å². The fourth-order valence-electron chi connectivity index (χ4n) is 2.82. The highest BCUT2D eigenvalue weighted by Crippen LogP contribution is 2.31. The van der Waals surface area contributed by atoms with Crippen molar-refractivity contribution in [1.82, 2.24) is 25.0 Å². The summed E-state index contributed by atoms with van der Waals surface area (Å²) in [7, 11) is 0. The molecule has 0 aliphatic carbocycles. The summed E-state index contributed by atoms with van der Waals surface area (Å²) in [6.45, 7) is 0.